The number of benzene rings is 3. The van der Waals surface area contributed by atoms with Crippen LogP contribution in [0, 0.1) is 6.08 Å². The van der Waals surface area contributed by atoms with E-state index in [9.17, 15) is 0 Å². The molecule has 0 bridgehead atoms. The normalized spacial score (nSPS) is 11.4. The van der Waals surface area contributed by atoms with Gasteiger partial charge >= 0.3 is 99.2 Å². The summed E-state index contributed by atoms with van der Waals surface area (Å²) < 4.78 is 1.42. The average Bonchev–Trinajstić information content (AvgIpc) is 3.44. The first-order valence-corrected chi connectivity index (χ1v) is 11.4. The van der Waals surface area contributed by atoms with Gasteiger partial charge in [-0.25, -0.2) is 11.1 Å². The summed E-state index contributed by atoms with van der Waals surface area (Å²) in [4.78, 5) is 0. The number of fused-ring (bicyclic) bond motifs is 1. The first kappa shape index (κ1) is 28.1. The number of hydrogen-bond acceptors (Lipinski definition) is 0. The average molecular weight is 539 g/mol. The first-order valence-electron chi connectivity index (χ1n) is 10.2. The molecule has 0 fully saturated rings. The standard InChI is InChI=1S/C13H10.C9H7.C7H9.2ClH.Zr/c1-3-7-12(8-4-1)11-13-9-5-2-6-10-13;1-2-5-9-7-3-6-8(9)4-1;1-6-4-3-5-7(6)2;;;/h1-10H;1-7H;4H,3H2,1-2H3;2*1H;/q;2*-1;;;+2. The summed E-state index contributed by atoms with van der Waals surface area (Å²) in [5.74, 6) is 0. The molecule has 0 atom stereocenters. The molecule has 5 rings (SSSR count). The van der Waals surface area contributed by atoms with Crippen LogP contribution in [-0.2, 0) is 24.2 Å². The van der Waals surface area contributed by atoms with Gasteiger partial charge in [0.1, 0.15) is 0 Å². The second-order valence-corrected chi connectivity index (χ2v) is 8.38. The molecule has 0 nitrogen and oxygen atoms in total. The molecular weight excluding hydrogens is 510 g/mol. The van der Waals surface area contributed by atoms with Crippen molar-refractivity contribution in [1.82, 2.24) is 0 Å². The largest absolute Gasteiger partial charge is 0.168 e. The van der Waals surface area contributed by atoms with Gasteiger partial charge in [0.25, 0.3) is 0 Å². The molecule has 0 radical (unpaired) electrons. The Labute approximate surface area is 219 Å². The van der Waals surface area contributed by atoms with Crippen molar-refractivity contribution in [2.45, 2.75) is 20.3 Å². The fourth-order valence-corrected chi connectivity index (χ4v) is 3.92. The molecule has 32 heavy (non-hydrogen) atoms. The van der Waals surface area contributed by atoms with E-state index in [1.54, 1.807) is 0 Å². The van der Waals surface area contributed by atoms with E-state index in [4.69, 9.17) is 0 Å². The number of allylic oxidation sites excluding steroid dienone is 4. The smallest absolute Gasteiger partial charge is 0.0809 e. The summed E-state index contributed by atoms with van der Waals surface area (Å²) in [6.07, 6.45) is 6.41. The summed E-state index contributed by atoms with van der Waals surface area (Å²) in [6, 6.07) is 35.8. The molecule has 0 saturated heterocycles. The van der Waals surface area contributed by atoms with Gasteiger partial charge in [0.05, 0.1) is 0 Å². The Kier molecular flexibility index (Phi) is 13.2. The van der Waals surface area contributed by atoms with Crippen molar-refractivity contribution in [3.63, 3.8) is 0 Å². The monoisotopic (exact) mass is 536 g/mol. The van der Waals surface area contributed by atoms with E-state index in [-0.39, 0.29) is 24.8 Å². The van der Waals surface area contributed by atoms with Crippen molar-refractivity contribution in [2.24, 2.45) is 0 Å². The minimum Gasteiger partial charge on any atom is -0.168 e. The molecular formula is C29H28Cl2Zr. The van der Waals surface area contributed by atoms with E-state index < -0.39 is 0 Å². The fourth-order valence-electron chi connectivity index (χ4n) is 3.10. The Morgan fingerprint density at radius 3 is 1.72 bits per heavy atom. The molecule has 0 spiro atoms. The van der Waals surface area contributed by atoms with Crippen LogP contribution in [0.15, 0.2) is 120 Å². The Balaban J connectivity index is 0.000000248. The van der Waals surface area contributed by atoms with Gasteiger partial charge in [-0.3, -0.25) is 6.08 Å². The van der Waals surface area contributed by atoms with Crippen LogP contribution in [0.1, 0.15) is 31.4 Å². The van der Waals surface area contributed by atoms with Crippen molar-refractivity contribution in [2.75, 3.05) is 0 Å². The summed E-state index contributed by atoms with van der Waals surface area (Å²) in [6.45, 7) is 4.22. The molecule has 0 aromatic heterocycles. The second-order valence-electron chi connectivity index (χ2n) is 7.15. The maximum atomic E-state index is 3.19. The summed E-state index contributed by atoms with van der Waals surface area (Å²) >= 11 is 1.46. The van der Waals surface area contributed by atoms with Crippen LogP contribution >= 0.6 is 24.8 Å². The minimum absolute atomic E-state index is 0. The fraction of sp³-hybridized carbons (Fsp3) is 0.103. The van der Waals surface area contributed by atoms with Crippen LogP contribution in [0.2, 0.25) is 0 Å². The van der Waals surface area contributed by atoms with Crippen LogP contribution < -0.4 is 0 Å². The van der Waals surface area contributed by atoms with Crippen LogP contribution in [0.25, 0.3) is 10.8 Å². The van der Waals surface area contributed by atoms with Crippen molar-refractivity contribution < 1.29 is 24.2 Å². The third kappa shape index (κ3) is 8.55. The van der Waals surface area contributed by atoms with Gasteiger partial charge in [-0.1, -0.05) is 13.0 Å². The molecule has 4 aromatic carbocycles. The SMILES string of the molecule is CC1=[C-]CC=C1C.Cl.Cl.[Zr+2]=[C](c1ccccc1)c1ccccc1.c1ccc2[cH-]ccc2c1. The number of hydrogen-bond donors (Lipinski definition) is 0. The van der Waals surface area contributed by atoms with Gasteiger partial charge in [-0.05, 0) is 0 Å². The molecule has 0 heterocycles. The Morgan fingerprint density at radius 2 is 1.28 bits per heavy atom. The van der Waals surface area contributed by atoms with Crippen LogP contribution in [0.4, 0.5) is 0 Å². The zero-order chi connectivity index (χ0) is 21.2. The van der Waals surface area contributed by atoms with Crippen molar-refractivity contribution >= 4 is 38.8 Å². The van der Waals surface area contributed by atoms with Crippen LogP contribution in [0.3, 0.4) is 0 Å². The zero-order valence-corrected chi connectivity index (χ0v) is 22.5. The van der Waals surface area contributed by atoms with Crippen LogP contribution in [-0.4, -0.2) is 3.21 Å². The van der Waals surface area contributed by atoms with Crippen molar-refractivity contribution in [3.8, 4) is 0 Å². The van der Waals surface area contributed by atoms with E-state index in [2.05, 4.69) is 129 Å². The summed E-state index contributed by atoms with van der Waals surface area (Å²) in [5, 5.41) is 2.66. The van der Waals surface area contributed by atoms with E-state index >= 15 is 0 Å². The Bertz CT molecular complexity index is 1050. The number of halogens is 2. The minimum atomic E-state index is 0. The van der Waals surface area contributed by atoms with Crippen molar-refractivity contribution in [1.29, 1.82) is 0 Å². The maximum Gasteiger partial charge on any atom is -0.0809 e. The predicted octanol–water partition coefficient (Wildman–Crippen LogP) is 8.29. The molecule has 4 aromatic rings. The van der Waals surface area contributed by atoms with Gasteiger partial charge in [0.15, 0.2) is 0 Å². The molecule has 0 unspecified atom stereocenters. The molecule has 0 aliphatic heterocycles. The van der Waals surface area contributed by atoms with Gasteiger partial charge < -0.3 is 0 Å². The molecule has 0 amide bonds. The second kappa shape index (κ2) is 15.0. The molecule has 162 valence electrons. The third-order valence-corrected chi connectivity index (χ3v) is 6.46. The summed E-state index contributed by atoms with van der Waals surface area (Å²) in [7, 11) is 0. The molecule has 3 heteroatoms. The third-order valence-electron chi connectivity index (χ3n) is 5.04. The Hall–Kier alpha value is -1.92. The maximum absolute atomic E-state index is 3.19. The van der Waals surface area contributed by atoms with Gasteiger partial charge in [0, 0.05) is 0 Å². The summed E-state index contributed by atoms with van der Waals surface area (Å²) in [5.41, 5.74) is 5.37. The van der Waals surface area contributed by atoms with Gasteiger partial charge in [0.2, 0.25) is 0 Å². The topological polar surface area (TPSA) is 0 Å². The van der Waals surface area contributed by atoms with Crippen LogP contribution in [0.5, 0.6) is 0 Å². The molecule has 1 aliphatic carbocycles. The Morgan fingerprint density at radius 1 is 0.750 bits per heavy atom. The van der Waals surface area contributed by atoms with E-state index in [0.29, 0.717) is 0 Å². The van der Waals surface area contributed by atoms with Crippen molar-refractivity contribution in [3.05, 3.63) is 138 Å². The molecule has 0 N–H and O–H groups in total. The quantitative estimate of drug-likeness (QED) is 0.225. The first-order chi connectivity index (χ1) is 14.6. The molecule has 0 saturated carbocycles. The van der Waals surface area contributed by atoms with E-state index in [0.717, 1.165) is 6.42 Å². The predicted molar refractivity (Wildman–Crippen MR) is 141 cm³/mol. The number of rotatable bonds is 2. The molecule has 1 aliphatic rings. The zero-order valence-electron chi connectivity index (χ0n) is 18.4. The van der Waals surface area contributed by atoms with Gasteiger partial charge in [-0.2, -0.15) is 23.6 Å². The van der Waals surface area contributed by atoms with E-state index in [1.807, 2.05) is 0 Å². The van der Waals surface area contributed by atoms with Gasteiger partial charge in [-0.15, -0.1) is 67.8 Å². The van der Waals surface area contributed by atoms with E-state index in [1.165, 1.54) is 60.5 Å².